The van der Waals surface area contributed by atoms with Gasteiger partial charge in [-0.3, -0.25) is 14.8 Å². The Labute approximate surface area is 393 Å². The highest BCUT2D eigenvalue weighted by Crippen LogP contribution is 2.40. The summed E-state index contributed by atoms with van der Waals surface area (Å²) in [5.74, 6) is -1.28. The summed E-state index contributed by atoms with van der Waals surface area (Å²) in [5.41, 5.74) is 0.583. The number of hydrogen-bond acceptors (Lipinski definition) is 9. The number of fused-ring (bicyclic) bond motifs is 1. The van der Waals surface area contributed by atoms with E-state index in [1.165, 1.54) is 146 Å². The van der Waals surface area contributed by atoms with Crippen molar-refractivity contribution in [2.45, 2.75) is 183 Å². The van der Waals surface area contributed by atoms with Crippen LogP contribution in [0.3, 0.4) is 0 Å². The number of aromatic nitrogens is 1. The molecule has 9 nitrogen and oxygen atoms in total. The normalized spacial score (nSPS) is 17.8. The predicted molar refractivity (Wildman–Crippen MR) is 258 cm³/mol. The van der Waals surface area contributed by atoms with Crippen LogP contribution in [0.4, 0.5) is 23.2 Å². The number of halogens is 4. The highest BCUT2D eigenvalue weighted by Gasteiger charge is 2.35. The van der Waals surface area contributed by atoms with Crippen LogP contribution in [0.1, 0.15) is 155 Å². The lowest BCUT2D eigenvalue weighted by Gasteiger charge is -2.46. The van der Waals surface area contributed by atoms with Gasteiger partial charge in [0.1, 0.15) is 10.6 Å². The quantitative estimate of drug-likeness (QED) is 0.0548. The fraction of sp³-hybridized carbons (Fsp3) is 0.712. The van der Waals surface area contributed by atoms with Crippen LogP contribution < -0.4 is 14.4 Å². The number of nitrogens with zero attached hydrogens (tertiary/aromatic N) is 5. The molecule has 3 saturated heterocycles. The molecule has 0 atom stereocenters. The van der Waals surface area contributed by atoms with Gasteiger partial charge >= 0.3 is 6.36 Å². The number of benzene rings is 2. The maximum absolute atomic E-state index is 15.6. The molecule has 4 heterocycles. The summed E-state index contributed by atoms with van der Waals surface area (Å²) in [4.78, 5) is 13.6. The predicted octanol–water partition coefficient (Wildman–Crippen LogP) is 12.6. The lowest BCUT2D eigenvalue weighted by Crippen LogP contribution is -2.56. The van der Waals surface area contributed by atoms with E-state index in [0.717, 1.165) is 84.0 Å². The first-order valence-electron chi connectivity index (χ1n) is 25.8. The average molecular weight is 946 g/mol. The van der Waals surface area contributed by atoms with E-state index >= 15 is 4.39 Å². The van der Waals surface area contributed by atoms with Crippen LogP contribution in [0.25, 0.3) is 10.9 Å². The Morgan fingerprint density at radius 3 is 1.67 bits per heavy atom. The molecule has 0 N–H and O–H groups in total. The van der Waals surface area contributed by atoms with Gasteiger partial charge in [-0.1, -0.05) is 123 Å². The van der Waals surface area contributed by atoms with Crippen molar-refractivity contribution in [1.29, 1.82) is 0 Å². The van der Waals surface area contributed by atoms with Gasteiger partial charge < -0.3 is 19.3 Å². The molecule has 6 rings (SSSR count). The number of alkyl halides is 3. The van der Waals surface area contributed by atoms with Gasteiger partial charge in [0.25, 0.3) is 0 Å². The number of likely N-dealkylation sites (tertiary alicyclic amines) is 1. The van der Waals surface area contributed by atoms with Crippen molar-refractivity contribution in [3.8, 4) is 11.5 Å². The number of rotatable bonds is 27. The Morgan fingerprint density at radius 2 is 1.17 bits per heavy atom. The Balaban J connectivity index is 0.992. The molecule has 66 heavy (non-hydrogen) atoms. The molecule has 3 aromatic rings. The minimum atomic E-state index is -4.94. The molecule has 2 aromatic carbocycles. The molecule has 0 amide bonds. The molecule has 14 heteroatoms. The molecule has 0 bridgehead atoms. The third kappa shape index (κ3) is 15.7. The van der Waals surface area contributed by atoms with Gasteiger partial charge in [-0.25, -0.2) is 12.8 Å². The van der Waals surface area contributed by atoms with Crippen LogP contribution >= 0.6 is 0 Å². The number of hydrogen-bond donors (Lipinski definition) is 0. The Bertz CT molecular complexity index is 2000. The largest absolute Gasteiger partial charge is 0.573 e. The van der Waals surface area contributed by atoms with Gasteiger partial charge in [0.05, 0.1) is 22.7 Å². The Hall–Kier alpha value is -3.20. The van der Waals surface area contributed by atoms with Crippen molar-refractivity contribution in [2.75, 3.05) is 70.4 Å². The minimum Gasteiger partial charge on any atom is -0.491 e. The highest BCUT2D eigenvalue weighted by atomic mass is 32.2. The van der Waals surface area contributed by atoms with Crippen molar-refractivity contribution in [1.82, 2.24) is 19.7 Å². The van der Waals surface area contributed by atoms with Gasteiger partial charge in [0.15, 0.2) is 11.6 Å². The molecular weight excluding hydrogens is 867 g/mol. The topological polar surface area (TPSA) is 78.4 Å². The average Bonchev–Trinajstić information content (AvgIpc) is 3.32. The van der Waals surface area contributed by atoms with Crippen molar-refractivity contribution >= 4 is 26.4 Å². The maximum Gasteiger partial charge on any atom is 0.573 e. The molecule has 0 spiro atoms. The van der Waals surface area contributed by atoms with Gasteiger partial charge in [-0.2, -0.15) is 0 Å². The molecule has 3 aliphatic rings. The molecule has 0 radical (unpaired) electrons. The summed E-state index contributed by atoms with van der Waals surface area (Å²) in [7, 11) is -4.39. The number of sulfone groups is 1. The van der Waals surface area contributed by atoms with E-state index in [-0.39, 0.29) is 26.6 Å². The lowest BCUT2D eigenvalue weighted by molar-refractivity contribution is -0.274. The number of pyridine rings is 1. The number of unbranched alkanes of at least 4 members (excludes halogenated alkanes) is 17. The third-order valence-electron chi connectivity index (χ3n) is 14.4. The first-order valence-corrected chi connectivity index (χ1v) is 27.3. The Morgan fingerprint density at radius 1 is 0.652 bits per heavy atom. The number of ether oxygens (including phenoxy) is 2. The highest BCUT2D eigenvalue weighted by molar-refractivity contribution is 7.91. The van der Waals surface area contributed by atoms with Gasteiger partial charge in [0.2, 0.25) is 9.84 Å². The van der Waals surface area contributed by atoms with Crippen LogP contribution in [0.15, 0.2) is 52.4 Å². The van der Waals surface area contributed by atoms with Crippen LogP contribution in [-0.2, 0) is 9.84 Å². The zero-order valence-corrected chi connectivity index (χ0v) is 40.9. The van der Waals surface area contributed by atoms with Gasteiger partial charge in [0, 0.05) is 62.9 Å². The molecule has 1 aromatic heterocycles. The fourth-order valence-electron chi connectivity index (χ4n) is 10.5. The summed E-state index contributed by atoms with van der Waals surface area (Å²) in [6, 6.07) is 8.37. The van der Waals surface area contributed by atoms with Crippen molar-refractivity contribution < 1.29 is 35.5 Å². The van der Waals surface area contributed by atoms with Crippen molar-refractivity contribution in [3.63, 3.8) is 0 Å². The van der Waals surface area contributed by atoms with E-state index in [9.17, 15) is 21.6 Å². The first kappa shape index (κ1) is 52.2. The summed E-state index contributed by atoms with van der Waals surface area (Å²) in [6.45, 7) is 13.2. The summed E-state index contributed by atoms with van der Waals surface area (Å²) < 4.78 is 94.8. The molecular formula is C52H79F4N5O4S. The summed E-state index contributed by atoms with van der Waals surface area (Å²) in [6.07, 6.45) is 23.1. The van der Waals surface area contributed by atoms with Gasteiger partial charge in [-0.15, -0.1) is 13.2 Å². The van der Waals surface area contributed by atoms with E-state index in [2.05, 4.69) is 38.3 Å². The van der Waals surface area contributed by atoms with Gasteiger partial charge in [-0.05, 0) is 88.1 Å². The van der Waals surface area contributed by atoms with E-state index in [1.54, 1.807) is 0 Å². The van der Waals surface area contributed by atoms with E-state index < -0.39 is 27.8 Å². The van der Waals surface area contributed by atoms with E-state index in [0.29, 0.717) is 37.3 Å². The first-order chi connectivity index (χ1) is 32.0. The minimum absolute atomic E-state index is 0.0171. The smallest absolute Gasteiger partial charge is 0.491 e. The third-order valence-corrected chi connectivity index (χ3v) is 16.2. The standard InChI is InChI=1S/C52H79F4N5O4S/c1-3-5-6-7-8-9-10-11-12-13-14-15-16-17-18-19-20-21-38-64-49-25-23-45(40-47(49)53)66(62,63)50-41-57-48-24-22-44(65-52(54,55)56)39-46(48)51(50)61-32-28-43(29-33-61)60-36-34-59(35-37-60)42-26-30-58(4-2)31-27-42/h22-25,39-43H,3-21,26-38H2,1-2H3. The number of piperidine rings is 2. The zero-order valence-electron chi connectivity index (χ0n) is 40.1. The monoisotopic (exact) mass is 946 g/mol. The summed E-state index contributed by atoms with van der Waals surface area (Å²) in [5, 5.41) is 0.226. The van der Waals surface area contributed by atoms with E-state index in [4.69, 9.17) is 4.74 Å². The molecule has 3 aliphatic heterocycles. The maximum atomic E-state index is 15.6. The second kappa shape index (κ2) is 26.5. The molecule has 3 fully saturated rings. The SMILES string of the molecule is CCCCCCCCCCCCCCCCCCCCOc1ccc(S(=O)(=O)c2cnc3ccc(OC(F)(F)F)cc3c2N2CCC(N3CCN(C4CCN(CC)CC4)CC3)CC2)cc1F. The van der Waals surface area contributed by atoms with Crippen LogP contribution in [0.5, 0.6) is 11.5 Å². The van der Waals surface area contributed by atoms with Crippen molar-refractivity contribution in [3.05, 3.63) is 48.4 Å². The second-order valence-corrected chi connectivity index (χ2v) is 21.0. The molecule has 0 saturated carbocycles. The lowest BCUT2D eigenvalue weighted by atomic mass is 9.99. The molecule has 370 valence electrons. The van der Waals surface area contributed by atoms with Crippen LogP contribution in [0.2, 0.25) is 0 Å². The number of piperazine rings is 1. The molecule has 0 aliphatic carbocycles. The number of anilines is 1. The van der Waals surface area contributed by atoms with Crippen LogP contribution in [-0.4, -0.2) is 112 Å². The van der Waals surface area contributed by atoms with Crippen LogP contribution in [0, 0.1) is 5.82 Å². The molecule has 0 unspecified atom stereocenters. The summed E-state index contributed by atoms with van der Waals surface area (Å²) >= 11 is 0. The second-order valence-electron chi connectivity index (χ2n) is 19.1. The van der Waals surface area contributed by atoms with Crippen molar-refractivity contribution in [2.24, 2.45) is 0 Å². The Kier molecular flexibility index (Phi) is 21.0. The van der Waals surface area contributed by atoms with E-state index in [1.807, 2.05) is 4.90 Å². The fourth-order valence-corrected chi connectivity index (χ4v) is 11.9. The zero-order chi connectivity index (χ0) is 46.8.